The van der Waals surface area contributed by atoms with Crippen molar-refractivity contribution in [3.8, 4) is 5.75 Å². The molecule has 108 valence electrons. The van der Waals surface area contributed by atoms with Gasteiger partial charge in [0.1, 0.15) is 0 Å². The van der Waals surface area contributed by atoms with Crippen molar-refractivity contribution in [2.45, 2.75) is 44.1 Å². The van der Waals surface area contributed by atoms with Crippen molar-refractivity contribution in [1.29, 1.82) is 0 Å². The quantitative estimate of drug-likeness (QED) is 0.835. The van der Waals surface area contributed by atoms with E-state index in [1.54, 1.807) is 13.3 Å². The second kappa shape index (κ2) is 5.56. The molecule has 0 amide bonds. The second-order valence-corrected chi connectivity index (χ2v) is 6.18. The number of ether oxygens (including phenoxy) is 1. The van der Waals surface area contributed by atoms with Crippen molar-refractivity contribution in [3.05, 3.63) is 18.3 Å². The molecule has 2 fully saturated rings. The van der Waals surface area contributed by atoms with Gasteiger partial charge in [0.25, 0.3) is 0 Å². The smallest absolute Gasteiger partial charge is 0.174 e. The van der Waals surface area contributed by atoms with E-state index in [2.05, 4.69) is 15.6 Å². The molecular weight excluding hydrogens is 270 g/mol. The molecule has 0 aromatic carbocycles. The van der Waals surface area contributed by atoms with Crippen LogP contribution in [-0.4, -0.2) is 22.7 Å². The average molecular weight is 291 g/mol. The number of rotatable bonds is 4. The topological polar surface area (TPSA) is 46.2 Å². The van der Waals surface area contributed by atoms with E-state index in [1.807, 2.05) is 12.1 Å². The molecule has 2 saturated carbocycles. The van der Waals surface area contributed by atoms with Crippen LogP contribution in [0.15, 0.2) is 18.3 Å². The lowest BCUT2D eigenvalue weighted by Gasteiger charge is -2.32. The van der Waals surface area contributed by atoms with Crippen LogP contribution in [0.4, 0.5) is 5.82 Å². The van der Waals surface area contributed by atoms with E-state index in [-0.39, 0.29) is 5.54 Å². The third kappa shape index (κ3) is 2.73. The van der Waals surface area contributed by atoms with Crippen LogP contribution in [0.5, 0.6) is 5.75 Å². The first-order valence-corrected chi connectivity index (χ1v) is 7.72. The van der Waals surface area contributed by atoms with E-state index in [0.717, 1.165) is 5.92 Å². The van der Waals surface area contributed by atoms with Crippen molar-refractivity contribution >= 4 is 23.1 Å². The fourth-order valence-corrected chi connectivity index (χ4v) is 3.59. The van der Waals surface area contributed by atoms with Gasteiger partial charge in [0.2, 0.25) is 0 Å². The highest BCUT2D eigenvalue weighted by Gasteiger charge is 2.47. The third-order valence-corrected chi connectivity index (χ3v) is 4.64. The Morgan fingerprint density at radius 3 is 2.80 bits per heavy atom. The minimum atomic E-state index is 0.228. The van der Waals surface area contributed by atoms with Gasteiger partial charge in [-0.1, -0.05) is 12.8 Å². The van der Waals surface area contributed by atoms with Crippen LogP contribution in [0.1, 0.15) is 38.5 Å². The number of anilines is 1. The minimum absolute atomic E-state index is 0.228. The first-order chi connectivity index (χ1) is 9.73. The molecule has 1 aromatic rings. The molecule has 2 N–H and O–H groups in total. The van der Waals surface area contributed by atoms with Gasteiger partial charge < -0.3 is 15.4 Å². The molecule has 5 heteroatoms. The van der Waals surface area contributed by atoms with Crippen LogP contribution >= 0.6 is 12.2 Å². The van der Waals surface area contributed by atoms with Gasteiger partial charge in [-0.25, -0.2) is 4.98 Å². The third-order valence-electron chi connectivity index (χ3n) is 4.44. The van der Waals surface area contributed by atoms with Crippen LogP contribution in [-0.2, 0) is 0 Å². The van der Waals surface area contributed by atoms with E-state index in [1.165, 1.54) is 38.5 Å². The molecule has 0 aliphatic heterocycles. The highest BCUT2D eigenvalue weighted by Crippen LogP contribution is 2.48. The molecule has 1 heterocycles. The maximum atomic E-state index is 5.48. The van der Waals surface area contributed by atoms with Crippen molar-refractivity contribution in [3.63, 3.8) is 0 Å². The van der Waals surface area contributed by atoms with Crippen molar-refractivity contribution in [2.75, 3.05) is 12.4 Å². The Kier molecular flexibility index (Phi) is 3.78. The molecule has 0 bridgehead atoms. The number of aromatic nitrogens is 1. The summed E-state index contributed by atoms with van der Waals surface area (Å²) in [5.74, 6) is 2.19. The van der Waals surface area contributed by atoms with E-state index in [9.17, 15) is 0 Å². The molecule has 2 aliphatic carbocycles. The number of thiocarbonyl (C=S) groups is 1. The van der Waals surface area contributed by atoms with Gasteiger partial charge >= 0.3 is 0 Å². The Labute approximate surface area is 125 Å². The van der Waals surface area contributed by atoms with E-state index < -0.39 is 0 Å². The molecule has 2 aliphatic rings. The van der Waals surface area contributed by atoms with E-state index in [4.69, 9.17) is 17.0 Å². The summed E-state index contributed by atoms with van der Waals surface area (Å²) in [6, 6.07) is 3.73. The van der Waals surface area contributed by atoms with Crippen molar-refractivity contribution in [1.82, 2.24) is 10.3 Å². The molecule has 0 spiro atoms. The van der Waals surface area contributed by atoms with Crippen molar-refractivity contribution in [2.24, 2.45) is 5.92 Å². The highest BCUT2D eigenvalue weighted by molar-refractivity contribution is 7.80. The molecule has 0 atom stereocenters. The van der Waals surface area contributed by atoms with Crippen molar-refractivity contribution < 1.29 is 4.74 Å². The molecule has 0 saturated heterocycles. The predicted octanol–water partition coefficient (Wildman–Crippen LogP) is 3.10. The lowest BCUT2D eigenvalue weighted by molar-refractivity contribution is 0.340. The zero-order valence-electron chi connectivity index (χ0n) is 11.8. The van der Waals surface area contributed by atoms with Crippen LogP contribution in [0.2, 0.25) is 0 Å². The molecule has 4 nitrogen and oxygen atoms in total. The fraction of sp³-hybridized carbons (Fsp3) is 0.600. The molecule has 0 radical (unpaired) electrons. The van der Waals surface area contributed by atoms with Gasteiger partial charge in [-0.15, -0.1) is 0 Å². The summed E-state index contributed by atoms with van der Waals surface area (Å²) in [6.07, 6.45) is 9.49. The second-order valence-electron chi connectivity index (χ2n) is 5.77. The molecule has 0 unspecified atom stereocenters. The number of pyridine rings is 1. The van der Waals surface area contributed by atoms with Crippen LogP contribution in [0, 0.1) is 5.92 Å². The molecular formula is C15H21N3OS. The fourth-order valence-electron chi connectivity index (χ4n) is 3.29. The van der Waals surface area contributed by atoms with E-state index >= 15 is 0 Å². The standard InChI is InChI=1S/C15H21N3OS/c1-19-12-5-4-10-16-13(12)17-14(20)18-15(11-6-7-11)8-2-3-9-15/h4-5,10-11H,2-3,6-9H2,1H3,(H2,16,17,18,20). The average Bonchev–Trinajstić information content (AvgIpc) is 3.21. The van der Waals surface area contributed by atoms with Gasteiger partial charge in [-0.3, -0.25) is 0 Å². The zero-order chi connectivity index (χ0) is 14.0. The summed E-state index contributed by atoms with van der Waals surface area (Å²) in [5, 5.41) is 7.42. The summed E-state index contributed by atoms with van der Waals surface area (Å²) in [4.78, 5) is 4.28. The Balaban J connectivity index is 1.67. The van der Waals surface area contributed by atoms with Gasteiger partial charge in [0, 0.05) is 11.7 Å². The molecule has 1 aromatic heterocycles. The van der Waals surface area contributed by atoms with Gasteiger partial charge in [0.15, 0.2) is 16.7 Å². The normalized spacial score (nSPS) is 20.4. The Bertz CT molecular complexity index is 496. The first kappa shape index (κ1) is 13.6. The number of nitrogens with one attached hydrogen (secondary N) is 2. The highest BCUT2D eigenvalue weighted by atomic mass is 32.1. The lowest BCUT2D eigenvalue weighted by atomic mass is 9.91. The summed E-state index contributed by atoms with van der Waals surface area (Å²) >= 11 is 5.48. The first-order valence-electron chi connectivity index (χ1n) is 7.32. The van der Waals surface area contributed by atoms with Gasteiger partial charge in [-0.05, 0) is 56.0 Å². The maximum Gasteiger partial charge on any atom is 0.174 e. The summed E-state index contributed by atoms with van der Waals surface area (Å²) in [5.41, 5.74) is 0.228. The van der Waals surface area contributed by atoms with Crippen LogP contribution in [0.25, 0.3) is 0 Å². The zero-order valence-corrected chi connectivity index (χ0v) is 12.6. The van der Waals surface area contributed by atoms with Gasteiger partial charge in [-0.2, -0.15) is 0 Å². The minimum Gasteiger partial charge on any atom is -0.493 e. The number of nitrogens with zero attached hydrogens (tertiary/aromatic N) is 1. The SMILES string of the molecule is COc1cccnc1NC(=S)NC1(C2CC2)CCCC1. The Morgan fingerprint density at radius 2 is 2.15 bits per heavy atom. The predicted molar refractivity (Wildman–Crippen MR) is 84.1 cm³/mol. The number of hydrogen-bond donors (Lipinski definition) is 2. The maximum absolute atomic E-state index is 5.48. The van der Waals surface area contributed by atoms with Gasteiger partial charge in [0.05, 0.1) is 7.11 Å². The summed E-state index contributed by atoms with van der Waals surface area (Å²) in [7, 11) is 1.64. The van der Waals surface area contributed by atoms with Crippen LogP contribution < -0.4 is 15.4 Å². The van der Waals surface area contributed by atoms with Crippen LogP contribution in [0.3, 0.4) is 0 Å². The lowest BCUT2D eigenvalue weighted by Crippen LogP contribution is -2.49. The largest absolute Gasteiger partial charge is 0.493 e. The molecule has 3 rings (SSSR count). The summed E-state index contributed by atoms with van der Waals surface area (Å²) < 4.78 is 5.29. The van der Waals surface area contributed by atoms with E-state index in [0.29, 0.717) is 16.7 Å². The Morgan fingerprint density at radius 1 is 1.40 bits per heavy atom. The Hall–Kier alpha value is -1.36. The molecule has 20 heavy (non-hydrogen) atoms. The monoisotopic (exact) mass is 291 g/mol. The summed E-state index contributed by atoms with van der Waals surface area (Å²) in [6.45, 7) is 0. The number of hydrogen-bond acceptors (Lipinski definition) is 3. The number of methoxy groups -OCH3 is 1.